The third kappa shape index (κ3) is 5.96. The number of hydrogen-bond donors (Lipinski definition) is 0. The van der Waals surface area contributed by atoms with E-state index in [1.807, 2.05) is 6.21 Å². The first-order valence-electron chi connectivity index (χ1n) is 6.51. The van der Waals surface area contributed by atoms with Crippen molar-refractivity contribution < 1.29 is 4.43 Å². The van der Waals surface area contributed by atoms with Gasteiger partial charge in [0.1, 0.15) is 0 Å². The lowest BCUT2D eigenvalue weighted by atomic mass is 10.5. The summed E-state index contributed by atoms with van der Waals surface area (Å²) in [5, 5.41) is 0. The van der Waals surface area contributed by atoms with E-state index in [1.165, 1.54) is 18.1 Å². The van der Waals surface area contributed by atoms with Gasteiger partial charge in [-0.1, -0.05) is 20.8 Å². The molecule has 0 amide bonds. The van der Waals surface area contributed by atoms with Gasteiger partial charge in [0, 0.05) is 6.21 Å². The first-order valence-corrected chi connectivity index (χ1v) is 12.5. The van der Waals surface area contributed by atoms with Gasteiger partial charge in [0.2, 0.25) is 0 Å². The van der Waals surface area contributed by atoms with Crippen LogP contribution in [0.15, 0.2) is 4.66 Å². The van der Waals surface area contributed by atoms with Crippen LogP contribution in [0.4, 0.5) is 0 Å². The van der Waals surface area contributed by atoms with Crippen LogP contribution in [-0.4, -0.2) is 28.9 Å². The zero-order valence-electron chi connectivity index (χ0n) is 12.1. The molecule has 0 aromatic heterocycles. The second-order valence-electron chi connectivity index (χ2n) is 5.52. The van der Waals surface area contributed by atoms with Crippen molar-refractivity contribution in [2.45, 2.75) is 71.6 Å². The zero-order chi connectivity index (χ0) is 12.8. The Morgan fingerprint density at radius 1 is 1.06 bits per heavy atom. The molecule has 96 valence electrons. The van der Waals surface area contributed by atoms with E-state index in [0.717, 1.165) is 0 Å². The minimum atomic E-state index is -1.45. The van der Waals surface area contributed by atoms with Gasteiger partial charge in [0.05, 0.1) is 6.10 Å². The minimum absolute atomic E-state index is 0.193. The van der Waals surface area contributed by atoms with Crippen LogP contribution in [0.25, 0.3) is 0 Å². The van der Waals surface area contributed by atoms with E-state index in [9.17, 15) is 0 Å². The maximum absolute atomic E-state index is 6.29. The van der Waals surface area contributed by atoms with Crippen LogP contribution in [-0.2, 0) is 4.43 Å². The molecule has 0 unspecified atom stereocenters. The summed E-state index contributed by atoms with van der Waals surface area (Å²) >= 11 is 0. The van der Waals surface area contributed by atoms with E-state index >= 15 is 0 Å². The molecular weight excluding hydrogens is 230 g/mol. The van der Waals surface area contributed by atoms with Crippen LogP contribution in [0.1, 0.15) is 27.7 Å². The fourth-order valence-corrected chi connectivity index (χ4v) is 5.26. The van der Waals surface area contributed by atoms with Crippen molar-refractivity contribution in [2.75, 3.05) is 0 Å². The Kier molecular flexibility index (Phi) is 6.74. The zero-order valence-corrected chi connectivity index (χ0v) is 14.1. The van der Waals surface area contributed by atoms with Crippen LogP contribution >= 0.6 is 0 Å². The van der Waals surface area contributed by atoms with Crippen LogP contribution in [0, 0.1) is 0 Å². The standard InChI is InChI=1S/C12H29NOSi2/c1-8-16(9-2,10-3)14-12(4)11-13-15(5,6)7/h11-12H,8-10H2,1-7H3/b13-11+/t12-/m0/s1. The lowest BCUT2D eigenvalue weighted by Gasteiger charge is -2.30. The quantitative estimate of drug-likeness (QED) is 0.493. The van der Waals surface area contributed by atoms with Gasteiger partial charge < -0.3 is 9.08 Å². The highest BCUT2D eigenvalue weighted by Gasteiger charge is 2.30. The minimum Gasteiger partial charge on any atom is -0.409 e. The van der Waals surface area contributed by atoms with Crippen molar-refractivity contribution >= 4 is 22.8 Å². The smallest absolute Gasteiger partial charge is 0.192 e. The maximum atomic E-state index is 6.29. The largest absolute Gasteiger partial charge is 0.409 e. The molecule has 0 fully saturated rings. The van der Waals surface area contributed by atoms with Gasteiger partial charge in [-0.2, -0.15) is 0 Å². The Hall–Kier alpha value is 0.0638. The fourth-order valence-electron chi connectivity index (χ4n) is 1.75. The molecule has 4 heteroatoms. The van der Waals surface area contributed by atoms with Gasteiger partial charge in [-0.25, -0.2) is 0 Å². The van der Waals surface area contributed by atoms with Crippen molar-refractivity contribution in [2.24, 2.45) is 4.66 Å². The van der Waals surface area contributed by atoms with E-state index in [0.29, 0.717) is 0 Å². The second-order valence-corrected chi connectivity index (χ2v) is 14.8. The molecule has 0 aliphatic heterocycles. The Bertz CT molecular complexity index is 211. The molecule has 0 heterocycles. The first kappa shape index (κ1) is 16.1. The molecule has 0 rings (SSSR count). The summed E-state index contributed by atoms with van der Waals surface area (Å²) < 4.78 is 10.9. The van der Waals surface area contributed by atoms with E-state index in [1.54, 1.807) is 0 Å². The summed E-state index contributed by atoms with van der Waals surface area (Å²) in [6, 6.07) is 3.64. The summed E-state index contributed by atoms with van der Waals surface area (Å²) in [4.78, 5) is 0. The van der Waals surface area contributed by atoms with Gasteiger partial charge in [-0.15, -0.1) is 0 Å². The highest BCUT2D eigenvalue weighted by molar-refractivity contribution is 6.75. The molecule has 0 aliphatic rings. The van der Waals surface area contributed by atoms with E-state index < -0.39 is 16.6 Å². The van der Waals surface area contributed by atoms with Crippen molar-refractivity contribution in [1.29, 1.82) is 0 Å². The molecule has 0 bridgehead atoms. The molecule has 0 aromatic rings. The van der Waals surface area contributed by atoms with Crippen LogP contribution < -0.4 is 0 Å². The number of hydrogen-bond acceptors (Lipinski definition) is 2. The lowest BCUT2D eigenvalue weighted by molar-refractivity contribution is 0.274. The highest BCUT2D eigenvalue weighted by Crippen LogP contribution is 2.22. The summed E-state index contributed by atoms with van der Waals surface area (Å²) in [6.45, 7) is 15.7. The van der Waals surface area contributed by atoms with Gasteiger partial charge in [0.25, 0.3) is 0 Å². The van der Waals surface area contributed by atoms with Crippen LogP contribution in [0.2, 0.25) is 37.8 Å². The summed E-state index contributed by atoms with van der Waals surface area (Å²) in [6.07, 6.45) is 2.23. The predicted octanol–water partition coefficient (Wildman–Crippen LogP) is 4.30. The molecule has 16 heavy (non-hydrogen) atoms. The molecule has 0 N–H and O–H groups in total. The Labute approximate surface area is 104 Å². The first-order chi connectivity index (χ1) is 7.28. The monoisotopic (exact) mass is 259 g/mol. The molecule has 0 aliphatic carbocycles. The third-order valence-corrected chi connectivity index (χ3v) is 8.70. The van der Waals surface area contributed by atoms with E-state index in [4.69, 9.17) is 4.43 Å². The van der Waals surface area contributed by atoms with Crippen LogP contribution in [0.5, 0.6) is 0 Å². The average molecular weight is 260 g/mol. The lowest BCUT2D eigenvalue weighted by Crippen LogP contribution is -2.39. The maximum Gasteiger partial charge on any atom is 0.192 e. The van der Waals surface area contributed by atoms with Crippen molar-refractivity contribution in [3.8, 4) is 0 Å². The molecule has 0 spiro atoms. The van der Waals surface area contributed by atoms with Crippen molar-refractivity contribution in [3.63, 3.8) is 0 Å². The third-order valence-electron chi connectivity index (χ3n) is 3.04. The fraction of sp³-hybridized carbons (Fsp3) is 0.917. The normalized spacial score (nSPS) is 15.7. The number of rotatable bonds is 7. The van der Waals surface area contributed by atoms with E-state index in [-0.39, 0.29) is 6.10 Å². The molecule has 0 saturated heterocycles. The van der Waals surface area contributed by atoms with Gasteiger partial charge in [-0.05, 0) is 44.7 Å². The SMILES string of the molecule is CC[Si](CC)(CC)O[C@@H](C)/C=N/[Si](C)(C)C. The summed E-state index contributed by atoms with van der Waals surface area (Å²) in [7, 11) is -2.77. The predicted molar refractivity (Wildman–Crippen MR) is 79.6 cm³/mol. The van der Waals surface area contributed by atoms with Crippen molar-refractivity contribution in [1.82, 2.24) is 0 Å². The molecular formula is C12H29NOSi2. The van der Waals surface area contributed by atoms with Crippen molar-refractivity contribution in [3.05, 3.63) is 0 Å². The Balaban J connectivity index is 4.42. The summed E-state index contributed by atoms with van der Waals surface area (Å²) in [5.74, 6) is 0. The Morgan fingerprint density at radius 3 is 1.81 bits per heavy atom. The molecule has 0 saturated carbocycles. The van der Waals surface area contributed by atoms with Gasteiger partial charge >= 0.3 is 0 Å². The average Bonchev–Trinajstić information content (AvgIpc) is 2.22. The van der Waals surface area contributed by atoms with Crippen LogP contribution in [0.3, 0.4) is 0 Å². The highest BCUT2D eigenvalue weighted by atomic mass is 28.4. The van der Waals surface area contributed by atoms with E-state index in [2.05, 4.69) is 52.0 Å². The topological polar surface area (TPSA) is 21.6 Å². The van der Waals surface area contributed by atoms with Gasteiger partial charge in [-0.3, -0.25) is 0 Å². The number of nitrogens with zero attached hydrogens (tertiary/aromatic N) is 1. The second kappa shape index (κ2) is 6.72. The Morgan fingerprint density at radius 2 is 1.50 bits per heavy atom. The molecule has 0 aromatic carbocycles. The molecule has 2 nitrogen and oxygen atoms in total. The van der Waals surface area contributed by atoms with Gasteiger partial charge in [0.15, 0.2) is 16.6 Å². The molecule has 0 radical (unpaired) electrons. The summed E-state index contributed by atoms with van der Waals surface area (Å²) in [5.41, 5.74) is 0. The molecule has 1 atom stereocenters.